The van der Waals surface area contributed by atoms with Crippen LogP contribution in [0.2, 0.25) is 0 Å². The largest absolute Gasteiger partial charge is 0.443 e. The molecule has 2 N–H and O–H groups in total. The van der Waals surface area contributed by atoms with Gasteiger partial charge in [0.1, 0.15) is 5.60 Å². The Kier molecular flexibility index (Phi) is 5.08. The van der Waals surface area contributed by atoms with Crippen molar-refractivity contribution in [1.29, 1.82) is 0 Å². The Morgan fingerprint density at radius 1 is 1.27 bits per heavy atom. The van der Waals surface area contributed by atoms with Crippen LogP contribution in [0.3, 0.4) is 0 Å². The molecular weight excluding hydrogens is 192 g/mol. The van der Waals surface area contributed by atoms with E-state index in [1.54, 1.807) is 7.05 Å². The minimum atomic E-state index is -0.467. The Labute approximate surface area is 92.8 Å². The summed E-state index contributed by atoms with van der Waals surface area (Å²) in [5, 5.41) is 5.81. The molecule has 0 spiro atoms. The molecule has 0 saturated carbocycles. The third-order valence-corrected chi connectivity index (χ3v) is 2.10. The molecule has 90 valence electrons. The second-order valence-electron chi connectivity index (χ2n) is 4.99. The summed E-state index contributed by atoms with van der Waals surface area (Å²) < 4.78 is 5.28. The fourth-order valence-electron chi connectivity index (χ4n) is 1.94. The number of nitrogens with one attached hydrogen (secondary N) is 2. The van der Waals surface area contributed by atoms with Crippen molar-refractivity contribution in [2.75, 3.05) is 13.6 Å². The summed E-state index contributed by atoms with van der Waals surface area (Å²) in [5.41, 5.74) is -0.502. The Balaban J connectivity index is 4.29. The van der Waals surface area contributed by atoms with Gasteiger partial charge in [0.25, 0.3) is 0 Å². The first kappa shape index (κ1) is 14.2. The minimum Gasteiger partial charge on any atom is -0.443 e. The molecule has 0 bridgehead atoms. The van der Waals surface area contributed by atoms with E-state index >= 15 is 0 Å². The molecule has 0 radical (unpaired) electrons. The van der Waals surface area contributed by atoms with Crippen LogP contribution in [0.25, 0.3) is 0 Å². The highest BCUT2D eigenvalue weighted by Crippen LogP contribution is 2.23. The molecule has 4 heteroatoms. The fourth-order valence-corrected chi connectivity index (χ4v) is 1.94. The van der Waals surface area contributed by atoms with Crippen molar-refractivity contribution in [2.45, 2.75) is 52.2 Å². The molecule has 0 fully saturated rings. The van der Waals surface area contributed by atoms with Gasteiger partial charge in [0.15, 0.2) is 0 Å². The summed E-state index contributed by atoms with van der Waals surface area (Å²) in [6.07, 6.45) is 0.383. The summed E-state index contributed by atoms with van der Waals surface area (Å²) in [6.45, 7) is 11.0. The number of carbonyl (C=O) groups is 1. The second kappa shape index (κ2) is 5.35. The summed E-state index contributed by atoms with van der Waals surface area (Å²) in [4.78, 5) is 11.1. The van der Waals surface area contributed by atoms with Crippen molar-refractivity contribution in [3.8, 4) is 0 Å². The van der Waals surface area contributed by atoms with Gasteiger partial charge >= 0.3 is 6.09 Å². The van der Waals surface area contributed by atoms with E-state index < -0.39 is 5.60 Å². The van der Waals surface area contributed by atoms with Gasteiger partial charge in [-0.15, -0.1) is 0 Å². The van der Waals surface area contributed by atoms with Crippen LogP contribution in [0.5, 0.6) is 0 Å². The average molecular weight is 216 g/mol. The van der Waals surface area contributed by atoms with Crippen molar-refractivity contribution in [2.24, 2.45) is 0 Å². The van der Waals surface area contributed by atoms with Crippen molar-refractivity contribution >= 4 is 6.09 Å². The van der Waals surface area contributed by atoms with Crippen molar-refractivity contribution < 1.29 is 9.53 Å². The molecule has 0 unspecified atom stereocenters. The molecule has 0 heterocycles. The molecule has 0 aromatic carbocycles. The lowest BCUT2D eigenvalue weighted by atomic mass is 9.89. The van der Waals surface area contributed by atoms with E-state index in [0.717, 1.165) is 13.0 Å². The molecule has 0 atom stereocenters. The van der Waals surface area contributed by atoms with Gasteiger partial charge in [0.2, 0.25) is 0 Å². The second-order valence-corrected chi connectivity index (χ2v) is 4.99. The van der Waals surface area contributed by atoms with Crippen molar-refractivity contribution in [1.82, 2.24) is 10.6 Å². The van der Waals surface area contributed by atoms with Crippen LogP contribution >= 0.6 is 0 Å². The van der Waals surface area contributed by atoms with E-state index in [9.17, 15) is 4.79 Å². The van der Waals surface area contributed by atoms with Crippen LogP contribution in [0.15, 0.2) is 0 Å². The highest BCUT2D eigenvalue weighted by molar-refractivity contribution is 5.67. The third kappa shape index (κ3) is 6.33. The van der Waals surface area contributed by atoms with E-state index in [2.05, 4.69) is 31.4 Å². The Hall–Kier alpha value is -0.770. The zero-order valence-corrected chi connectivity index (χ0v) is 10.7. The van der Waals surface area contributed by atoms with Gasteiger partial charge in [0.05, 0.1) is 0 Å². The zero-order valence-electron chi connectivity index (χ0n) is 10.7. The van der Waals surface area contributed by atoms with Crippen LogP contribution in [0.1, 0.15) is 41.0 Å². The Bertz CT molecular complexity index is 213. The molecule has 0 aliphatic carbocycles. The van der Waals surface area contributed by atoms with Crippen LogP contribution in [0.4, 0.5) is 4.79 Å². The average Bonchev–Trinajstić information content (AvgIpc) is 2.00. The molecule has 1 amide bonds. The van der Waals surface area contributed by atoms with Gasteiger partial charge in [-0.25, -0.2) is 4.79 Å². The van der Waals surface area contributed by atoms with E-state index in [1.807, 2.05) is 13.8 Å². The van der Waals surface area contributed by atoms with Crippen molar-refractivity contribution in [3.63, 3.8) is 0 Å². The summed E-state index contributed by atoms with van der Waals surface area (Å²) in [7, 11) is 1.56. The SMILES string of the molecule is CCNC(C)(C)CC(C)(C)OC(=O)NC. The fraction of sp³-hybridized carbons (Fsp3) is 0.909. The maximum atomic E-state index is 11.1. The quantitative estimate of drug-likeness (QED) is 0.738. The van der Waals surface area contributed by atoms with E-state index in [0.29, 0.717) is 0 Å². The molecule has 0 aliphatic rings. The number of hydrogen-bond donors (Lipinski definition) is 2. The van der Waals surface area contributed by atoms with Crippen LogP contribution in [-0.2, 0) is 4.74 Å². The molecule has 0 aromatic heterocycles. The lowest BCUT2D eigenvalue weighted by Crippen LogP contribution is -2.47. The number of amides is 1. The highest BCUT2D eigenvalue weighted by Gasteiger charge is 2.30. The molecule has 0 rings (SSSR count). The number of ether oxygens (including phenoxy) is 1. The summed E-state index contributed by atoms with van der Waals surface area (Å²) >= 11 is 0. The monoisotopic (exact) mass is 216 g/mol. The first-order valence-electron chi connectivity index (χ1n) is 5.38. The van der Waals surface area contributed by atoms with Gasteiger partial charge in [0, 0.05) is 19.0 Å². The Morgan fingerprint density at radius 2 is 1.80 bits per heavy atom. The first-order chi connectivity index (χ1) is 6.72. The summed E-state index contributed by atoms with van der Waals surface area (Å²) in [6, 6.07) is 0. The maximum Gasteiger partial charge on any atom is 0.407 e. The molecule has 0 aromatic rings. The standard InChI is InChI=1S/C11H24N2O2/c1-7-13-10(2,3)8-11(4,5)15-9(14)12-6/h13H,7-8H2,1-6H3,(H,12,14). The number of carbonyl (C=O) groups excluding carboxylic acids is 1. The summed E-state index contributed by atoms with van der Waals surface area (Å²) in [5.74, 6) is 0. The smallest absolute Gasteiger partial charge is 0.407 e. The molecule has 15 heavy (non-hydrogen) atoms. The predicted molar refractivity (Wildman–Crippen MR) is 62.0 cm³/mol. The number of rotatable bonds is 5. The number of alkyl carbamates (subject to hydrolysis) is 1. The van der Waals surface area contributed by atoms with Gasteiger partial charge in [-0.2, -0.15) is 0 Å². The van der Waals surface area contributed by atoms with Gasteiger partial charge < -0.3 is 15.4 Å². The molecule has 4 nitrogen and oxygen atoms in total. The number of hydrogen-bond acceptors (Lipinski definition) is 3. The highest BCUT2D eigenvalue weighted by atomic mass is 16.6. The molecule has 0 aliphatic heterocycles. The van der Waals surface area contributed by atoms with Gasteiger partial charge in [-0.3, -0.25) is 0 Å². The molecule has 0 saturated heterocycles. The van der Waals surface area contributed by atoms with Crippen LogP contribution in [-0.4, -0.2) is 30.8 Å². The lowest BCUT2D eigenvalue weighted by molar-refractivity contribution is 0.0167. The minimum absolute atomic E-state index is 0.0354. The van der Waals surface area contributed by atoms with Crippen molar-refractivity contribution in [3.05, 3.63) is 0 Å². The van der Waals surface area contributed by atoms with Gasteiger partial charge in [-0.05, 0) is 34.2 Å². The topological polar surface area (TPSA) is 50.4 Å². The van der Waals surface area contributed by atoms with Gasteiger partial charge in [-0.1, -0.05) is 6.92 Å². The molecular formula is C11H24N2O2. The zero-order chi connectivity index (χ0) is 12.1. The first-order valence-corrected chi connectivity index (χ1v) is 5.38. The third-order valence-electron chi connectivity index (χ3n) is 2.10. The maximum absolute atomic E-state index is 11.1. The Morgan fingerprint density at radius 3 is 2.20 bits per heavy atom. The predicted octanol–water partition coefficient (Wildman–Crippen LogP) is 1.90. The van der Waals surface area contributed by atoms with Crippen LogP contribution < -0.4 is 10.6 Å². The van der Waals surface area contributed by atoms with E-state index in [-0.39, 0.29) is 11.6 Å². The van der Waals surface area contributed by atoms with E-state index in [4.69, 9.17) is 4.74 Å². The lowest BCUT2D eigenvalue weighted by Gasteiger charge is -2.35. The normalized spacial score (nSPS) is 12.4. The van der Waals surface area contributed by atoms with Crippen LogP contribution in [0, 0.1) is 0 Å². The van der Waals surface area contributed by atoms with E-state index in [1.165, 1.54) is 0 Å².